The van der Waals surface area contributed by atoms with Crippen molar-refractivity contribution in [1.29, 1.82) is 0 Å². The van der Waals surface area contributed by atoms with Crippen molar-refractivity contribution in [3.63, 3.8) is 0 Å². The van der Waals surface area contributed by atoms with Crippen LogP contribution in [0.1, 0.15) is 66.2 Å². The minimum absolute atomic E-state index is 0. The summed E-state index contributed by atoms with van der Waals surface area (Å²) in [5, 5.41) is 0. The van der Waals surface area contributed by atoms with Crippen molar-refractivity contribution in [2.45, 2.75) is 66.2 Å². The van der Waals surface area contributed by atoms with Crippen molar-refractivity contribution in [3.05, 3.63) is 41.0 Å². The maximum absolute atomic E-state index is 2.47. The molecular weight excluding hydrogens is 467 g/mol. The van der Waals surface area contributed by atoms with Crippen molar-refractivity contribution in [2.75, 3.05) is 0 Å². The van der Waals surface area contributed by atoms with Gasteiger partial charge >= 0.3 is 130 Å². The van der Waals surface area contributed by atoms with Crippen LogP contribution in [-0.2, 0) is 23.2 Å². The van der Waals surface area contributed by atoms with Gasteiger partial charge in [-0.15, -0.1) is 0 Å². The van der Waals surface area contributed by atoms with Gasteiger partial charge in [-0.1, -0.05) is 0 Å². The van der Waals surface area contributed by atoms with E-state index in [9.17, 15) is 0 Å². The van der Waals surface area contributed by atoms with Gasteiger partial charge in [-0.05, 0) is 0 Å². The first-order valence-electron chi connectivity index (χ1n) is 7.72. The van der Waals surface area contributed by atoms with Crippen LogP contribution in [0.15, 0.2) is 41.0 Å². The van der Waals surface area contributed by atoms with Gasteiger partial charge in [-0.2, -0.15) is 0 Å². The summed E-state index contributed by atoms with van der Waals surface area (Å²) in [6.45, 7) is 9.25. The molecule has 21 heavy (non-hydrogen) atoms. The van der Waals surface area contributed by atoms with Crippen LogP contribution in [0.3, 0.4) is 0 Å². The summed E-state index contributed by atoms with van der Waals surface area (Å²) in [6, 6.07) is 0. The van der Waals surface area contributed by atoms with Crippen LogP contribution >= 0.6 is 0 Å². The normalized spacial score (nSPS) is 17.1. The minimum atomic E-state index is -0.495. The van der Waals surface area contributed by atoms with E-state index >= 15 is 0 Å². The summed E-state index contributed by atoms with van der Waals surface area (Å²) in [7, 11) is 0. The van der Waals surface area contributed by atoms with Crippen molar-refractivity contribution in [3.8, 4) is 0 Å². The van der Waals surface area contributed by atoms with Crippen LogP contribution in [0.5, 0.6) is 0 Å². The molecule has 2 aliphatic carbocycles. The van der Waals surface area contributed by atoms with Crippen LogP contribution in [0.4, 0.5) is 0 Å². The molecule has 0 N–H and O–H groups in total. The summed E-state index contributed by atoms with van der Waals surface area (Å²) >= 11 is -0.495. The van der Waals surface area contributed by atoms with Crippen LogP contribution < -0.4 is 34.0 Å². The maximum atomic E-state index is 2.47. The van der Waals surface area contributed by atoms with Crippen molar-refractivity contribution >= 4 is 0 Å². The van der Waals surface area contributed by atoms with E-state index in [0.717, 1.165) is 0 Å². The van der Waals surface area contributed by atoms with Crippen LogP contribution in [0, 0.1) is 0 Å². The molecule has 3 heteroatoms. The van der Waals surface area contributed by atoms with Gasteiger partial charge in [-0.3, -0.25) is 0 Å². The fourth-order valence-corrected chi connectivity index (χ4v) is 7.33. The van der Waals surface area contributed by atoms with Crippen molar-refractivity contribution in [1.82, 2.24) is 0 Å². The fraction of sp³-hybridized carbons (Fsp3) is 0.556. The molecule has 0 radical (unpaired) electrons. The Labute approximate surface area is 163 Å². The molecule has 2 aliphatic rings. The first-order chi connectivity index (χ1) is 9.17. The van der Waals surface area contributed by atoms with E-state index in [2.05, 4.69) is 39.8 Å². The number of hydrogen-bond acceptors (Lipinski definition) is 0. The van der Waals surface area contributed by atoms with Gasteiger partial charge in [0.25, 0.3) is 0 Å². The molecule has 0 aliphatic heterocycles. The Morgan fingerprint density at radius 1 is 0.810 bits per heavy atom. The number of hydrogen-bond donors (Lipinski definition) is 0. The Hall–Kier alpha value is 0.803. The largest absolute Gasteiger partial charge is 1.00 e. The number of rotatable bonds is 6. The smallest absolute Gasteiger partial charge is 1.00 e. The van der Waals surface area contributed by atoms with Crippen molar-refractivity contribution < 1.29 is 57.2 Å². The summed E-state index contributed by atoms with van der Waals surface area (Å²) in [6.07, 6.45) is 12.7. The monoisotopic (exact) mass is 490 g/mol. The fourth-order valence-electron chi connectivity index (χ4n) is 3.11. The molecule has 0 fully saturated rings. The molecular formula is C18H26Br2Zr. The van der Waals surface area contributed by atoms with Gasteiger partial charge < -0.3 is 34.0 Å². The van der Waals surface area contributed by atoms with E-state index in [1.165, 1.54) is 38.5 Å². The zero-order chi connectivity index (χ0) is 13.8. The second-order valence-corrected chi connectivity index (χ2v) is 9.30. The topological polar surface area (TPSA) is 0 Å². The Morgan fingerprint density at radius 2 is 1.19 bits per heavy atom. The van der Waals surface area contributed by atoms with E-state index in [4.69, 9.17) is 0 Å². The van der Waals surface area contributed by atoms with Gasteiger partial charge in [0, 0.05) is 0 Å². The molecule has 0 unspecified atom stereocenters. The molecule has 0 heterocycles. The number of allylic oxidation sites excluding steroid dienone is 8. The second kappa shape index (κ2) is 10.6. The van der Waals surface area contributed by atoms with E-state index < -0.39 is 23.2 Å². The molecule has 0 atom stereocenters. The number of halogens is 2. The summed E-state index contributed by atoms with van der Waals surface area (Å²) in [4.78, 5) is 0. The Kier molecular flexibility index (Phi) is 11.0. The molecule has 116 valence electrons. The molecule has 0 aromatic heterocycles. The third kappa shape index (κ3) is 5.43. The van der Waals surface area contributed by atoms with Crippen LogP contribution in [0.2, 0.25) is 0 Å². The molecule has 0 spiro atoms. The molecule has 0 aromatic rings. The zero-order valence-corrected chi connectivity index (χ0v) is 19.3. The first-order valence-corrected chi connectivity index (χ1v) is 10.2. The van der Waals surface area contributed by atoms with E-state index in [1.54, 1.807) is 22.3 Å². The minimum Gasteiger partial charge on any atom is -1.00 e. The van der Waals surface area contributed by atoms with Gasteiger partial charge in [-0.25, -0.2) is 0 Å². The predicted octanol–water partition coefficient (Wildman–Crippen LogP) is -0.115. The Morgan fingerprint density at radius 3 is 1.52 bits per heavy atom. The Bertz CT molecular complexity index is 437. The van der Waals surface area contributed by atoms with Crippen LogP contribution in [0.25, 0.3) is 0 Å². The molecule has 2 rings (SSSR count). The van der Waals surface area contributed by atoms with E-state index in [1.807, 2.05) is 6.56 Å². The zero-order valence-electron chi connectivity index (χ0n) is 13.7. The van der Waals surface area contributed by atoms with Gasteiger partial charge in [0.2, 0.25) is 0 Å². The van der Waals surface area contributed by atoms with Gasteiger partial charge in [0.15, 0.2) is 0 Å². The second-order valence-electron chi connectivity index (χ2n) is 5.72. The summed E-state index contributed by atoms with van der Waals surface area (Å²) in [5.74, 6) is 0. The van der Waals surface area contributed by atoms with Crippen molar-refractivity contribution in [2.24, 2.45) is 0 Å². The summed E-state index contributed by atoms with van der Waals surface area (Å²) < 4.78 is 3.74. The van der Waals surface area contributed by atoms with Crippen LogP contribution in [-0.4, -0.2) is 0 Å². The molecule has 0 saturated carbocycles. The molecule has 0 bridgehead atoms. The third-order valence-electron chi connectivity index (χ3n) is 4.21. The average molecular weight is 493 g/mol. The van der Waals surface area contributed by atoms with E-state index in [0.29, 0.717) is 0 Å². The Balaban J connectivity index is 0.00000200. The molecule has 0 amide bonds. The molecule has 0 nitrogen and oxygen atoms in total. The maximum Gasteiger partial charge on any atom is -1.00 e. The summed E-state index contributed by atoms with van der Waals surface area (Å²) in [5.41, 5.74) is 6.64. The predicted molar refractivity (Wildman–Crippen MR) is 80.6 cm³/mol. The standard InChI is InChI=1S/2C9H13.2BrH.Zr/c2*1-3-5-9-7-4-6-8(9)2;;;/h2*6H,3-5H2,1-2H3;2*1H;/q;;;;+2/p-2. The first kappa shape index (κ1) is 21.8. The SMILES string of the molecule is CCCC1=[C]([Zr+2][C]2=C(CCC)C(C)=CC2)CC=C1C.[Br-].[Br-]. The van der Waals surface area contributed by atoms with E-state index in [-0.39, 0.29) is 34.0 Å². The third-order valence-corrected chi connectivity index (χ3v) is 8.18. The van der Waals surface area contributed by atoms with Gasteiger partial charge in [0.05, 0.1) is 0 Å². The average Bonchev–Trinajstić information content (AvgIpc) is 2.90. The molecule has 0 saturated heterocycles. The quantitative estimate of drug-likeness (QED) is 0.485. The molecule has 0 aromatic carbocycles. The van der Waals surface area contributed by atoms with Gasteiger partial charge in [0.1, 0.15) is 0 Å².